The SMILES string of the molecule is CC(C)CC(C)CC1(O)CC(C)CCC1C(C)C. The average molecular weight is 254 g/mol. The smallest absolute Gasteiger partial charge is 0.0683 e. The molecular formula is C17H34O. The van der Waals surface area contributed by atoms with Gasteiger partial charge in [0.2, 0.25) is 0 Å². The number of hydrogen-bond acceptors (Lipinski definition) is 1. The van der Waals surface area contributed by atoms with Gasteiger partial charge in [-0.25, -0.2) is 0 Å². The monoisotopic (exact) mass is 254 g/mol. The third-order valence-electron chi connectivity index (χ3n) is 4.74. The Morgan fingerprint density at radius 2 is 1.72 bits per heavy atom. The van der Waals surface area contributed by atoms with Gasteiger partial charge >= 0.3 is 0 Å². The van der Waals surface area contributed by atoms with E-state index in [4.69, 9.17) is 0 Å². The lowest BCUT2D eigenvalue weighted by molar-refractivity contribution is -0.0952. The Balaban J connectivity index is 2.71. The fraction of sp³-hybridized carbons (Fsp3) is 1.00. The first kappa shape index (κ1) is 16.0. The summed E-state index contributed by atoms with van der Waals surface area (Å²) in [5, 5.41) is 11.2. The summed E-state index contributed by atoms with van der Waals surface area (Å²) in [5.74, 6) is 3.18. The van der Waals surface area contributed by atoms with E-state index in [9.17, 15) is 5.11 Å². The van der Waals surface area contributed by atoms with Gasteiger partial charge in [-0.2, -0.15) is 0 Å². The van der Waals surface area contributed by atoms with E-state index >= 15 is 0 Å². The molecule has 1 rings (SSSR count). The van der Waals surface area contributed by atoms with Gasteiger partial charge in [-0.1, -0.05) is 48.0 Å². The summed E-state index contributed by atoms with van der Waals surface area (Å²) in [5.41, 5.74) is -0.403. The normalized spacial score (nSPS) is 35.2. The van der Waals surface area contributed by atoms with Gasteiger partial charge in [-0.3, -0.25) is 0 Å². The van der Waals surface area contributed by atoms with Crippen molar-refractivity contribution < 1.29 is 5.11 Å². The van der Waals surface area contributed by atoms with E-state index in [2.05, 4.69) is 41.5 Å². The van der Waals surface area contributed by atoms with Gasteiger partial charge in [0, 0.05) is 0 Å². The van der Waals surface area contributed by atoms with Gasteiger partial charge in [0.05, 0.1) is 5.60 Å². The van der Waals surface area contributed by atoms with Gasteiger partial charge in [-0.15, -0.1) is 0 Å². The molecule has 0 amide bonds. The highest BCUT2D eigenvalue weighted by molar-refractivity contribution is 4.94. The van der Waals surface area contributed by atoms with Crippen molar-refractivity contribution >= 4 is 0 Å². The molecule has 4 unspecified atom stereocenters. The molecule has 0 aliphatic heterocycles. The van der Waals surface area contributed by atoms with Crippen LogP contribution < -0.4 is 0 Å². The molecule has 0 aromatic heterocycles. The minimum Gasteiger partial charge on any atom is -0.390 e. The van der Waals surface area contributed by atoms with Crippen molar-refractivity contribution in [2.45, 2.75) is 79.2 Å². The molecule has 0 aromatic rings. The molecule has 0 radical (unpaired) electrons. The van der Waals surface area contributed by atoms with Crippen LogP contribution in [0.15, 0.2) is 0 Å². The molecular weight excluding hydrogens is 220 g/mol. The molecule has 18 heavy (non-hydrogen) atoms. The Morgan fingerprint density at radius 3 is 2.22 bits per heavy atom. The molecule has 0 saturated heterocycles. The van der Waals surface area contributed by atoms with E-state index in [0.29, 0.717) is 23.7 Å². The van der Waals surface area contributed by atoms with Crippen LogP contribution in [-0.2, 0) is 0 Å². The van der Waals surface area contributed by atoms with Crippen molar-refractivity contribution in [3.8, 4) is 0 Å². The van der Waals surface area contributed by atoms with Gasteiger partial charge in [0.1, 0.15) is 0 Å². The molecule has 1 aliphatic carbocycles. The Kier molecular flexibility index (Phi) is 5.70. The standard InChI is InChI=1S/C17H34O/c1-12(2)9-15(6)11-17(18)10-14(5)7-8-16(17)13(3)4/h12-16,18H,7-11H2,1-6H3. The Morgan fingerprint density at radius 1 is 1.11 bits per heavy atom. The molecule has 1 aliphatic rings. The third-order valence-corrected chi connectivity index (χ3v) is 4.74. The lowest BCUT2D eigenvalue weighted by atomic mass is 9.64. The minimum atomic E-state index is -0.403. The van der Waals surface area contributed by atoms with Crippen LogP contribution in [0.25, 0.3) is 0 Å². The average Bonchev–Trinajstić information content (AvgIpc) is 2.13. The molecule has 4 atom stereocenters. The summed E-state index contributed by atoms with van der Waals surface area (Å²) in [4.78, 5) is 0. The van der Waals surface area contributed by atoms with Crippen LogP contribution in [0.4, 0.5) is 0 Å². The van der Waals surface area contributed by atoms with Gasteiger partial charge in [-0.05, 0) is 55.3 Å². The molecule has 108 valence electrons. The Labute approximate surface area is 114 Å². The van der Waals surface area contributed by atoms with E-state index < -0.39 is 5.60 Å². The Bertz CT molecular complexity index is 246. The molecule has 1 N–H and O–H groups in total. The zero-order valence-corrected chi connectivity index (χ0v) is 13.4. The van der Waals surface area contributed by atoms with Crippen molar-refractivity contribution in [1.82, 2.24) is 0 Å². The van der Waals surface area contributed by atoms with E-state index in [1.807, 2.05) is 0 Å². The van der Waals surface area contributed by atoms with Crippen LogP contribution in [0.1, 0.15) is 73.6 Å². The topological polar surface area (TPSA) is 20.2 Å². The molecule has 1 heteroatoms. The number of rotatable bonds is 5. The molecule has 0 aromatic carbocycles. The van der Waals surface area contributed by atoms with Crippen molar-refractivity contribution in [3.63, 3.8) is 0 Å². The molecule has 1 fully saturated rings. The zero-order valence-electron chi connectivity index (χ0n) is 13.4. The first-order valence-electron chi connectivity index (χ1n) is 7.97. The number of hydrogen-bond donors (Lipinski definition) is 1. The van der Waals surface area contributed by atoms with Crippen LogP contribution >= 0.6 is 0 Å². The van der Waals surface area contributed by atoms with E-state index in [1.54, 1.807) is 0 Å². The van der Waals surface area contributed by atoms with Crippen molar-refractivity contribution in [3.05, 3.63) is 0 Å². The summed E-state index contributed by atoms with van der Waals surface area (Å²) in [7, 11) is 0. The van der Waals surface area contributed by atoms with Crippen LogP contribution in [0.5, 0.6) is 0 Å². The van der Waals surface area contributed by atoms with E-state index in [0.717, 1.165) is 18.8 Å². The van der Waals surface area contributed by atoms with Gasteiger partial charge in [0.15, 0.2) is 0 Å². The maximum Gasteiger partial charge on any atom is 0.0683 e. The summed E-state index contributed by atoms with van der Waals surface area (Å²) in [6.45, 7) is 13.7. The summed E-state index contributed by atoms with van der Waals surface area (Å²) in [6.07, 6.45) is 5.76. The molecule has 1 nitrogen and oxygen atoms in total. The lowest BCUT2D eigenvalue weighted by Gasteiger charge is -2.46. The van der Waals surface area contributed by atoms with Crippen molar-refractivity contribution in [1.29, 1.82) is 0 Å². The fourth-order valence-corrected chi connectivity index (χ4v) is 4.27. The van der Waals surface area contributed by atoms with Crippen LogP contribution in [0.3, 0.4) is 0 Å². The number of aliphatic hydroxyl groups is 1. The first-order valence-corrected chi connectivity index (χ1v) is 7.97. The van der Waals surface area contributed by atoms with Gasteiger partial charge < -0.3 is 5.11 Å². The second-order valence-corrected chi connectivity index (χ2v) is 7.78. The highest BCUT2D eigenvalue weighted by atomic mass is 16.3. The molecule has 0 heterocycles. The largest absolute Gasteiger partial charge is 0.390 e. The molecule has 0 spiro atoms. The zero-order chi connectivity index (χ0) is 13.9. The Hall–Kier alpha value is -0.0400. The maximum atomic E-state index is 11.2. The first-order chi connectivity index (χ1) is 8.24. The molecule has 0 bridgehead atoms. The van der Waals surface area contributed by atoms with Crippen molar-refractivity contribution in [2.75, 3.05) is 0 Å². The minimum absolute atomic E-state index is 0.403. The quantitative estimate of drug-likeness (QED) is 0.741. The summed E-state index contributed by atoms with van der Waals surface area (Å²) < 4.78 is 0. The lowest BCUT2D eigenvalue weighted by Crippen LogP contribution is -2.46. The summed E-state index contributed by atoms with van der Waals surface area (Å²) >= 11 is 0. The summed E-state index contributed by atoms with van der Waals surface area (Å²) in [6, 6.07) is 0. The van der Waals surface area contributed by atoms with Crippen molar-refractivity contribution in [2.24, 2.45) is 29.6 Å². The van der Waals surface area contributed by atoms with Crippen LogP contribution in [0.2, 0.25) is 0 Å². The predicted molar refractivity (Wildman–Crippen MR) is 79.5 cm³/mol. The highest BCUT2D eigenvalue weighted by Gasteiger charge is 2.43. The van der Waals surface area contributed by atoms with Crippen LogP contribution in [0, 0.1) is 29.6 Å². The predicted octanol–water partition coefficient (Wildman–Crippen LogP) is 4.88. The molecule has 1 saturated carbocycles. The maximum absolute atomic E-state index is 11.2. The van der Waals surface area contributed by atoms with Gasteiger partial charge in [0.25, 0.3) is 0 Å². The second kappa shape index (κ2) is 6.41. The van der Waals surface area contributed by atoms with Crippen LogP contribution in [-0.4, -0.2) is 10.7 Å². The highest BCUT2D eigenvalue weighted by Crippen LogP contribution is 2.44. The third kappa shape index (κ3) is 4.26. The van der Waals surface area contributed by atoms with E-state index in [-0.39, 0.29) is 0 Å². The second-order valence-electron chi connectivity index (χ2n) is 7.78. The fourth-order valence-electron chi connectivity index (χ4n) is 4.27. The van der Waals surface area contributed by atoms with E-state index in [1.165, 1.54) is 19.3 Å².